The lowest BCUT2D eigenvalue weighted by molar-refractivity contribution is 0.0698. The van der Waals surface area contributed by atoms with Gasteiger partial charge in [-0.3, -0.25) is 0 Å². The van der Waals surface area contributed by atoms with Crippen molar-refractivity contribution in [1.82, 2.24) is 0 Å². The molecule has 0 aliphatic carbocycles. The number of rotatable bonds is 4. The van der Waals surface area contributed by atoms with E-state index in [0.717, 1.165) is 15.6 Å². The summed E-state index contributed by atoms with van der Waals surface area (Å²) in [5.41, 5.74) is 2.98. The Morgan fingerprint density at radius 3 is 2.63 bits per heavy atom. The van der Waals surface area contributed by atoms with Crippen LogP contribution >= 0.6 is 15.9 Å². The number of halogens is 1. The van der Waals surface area contributed by atoms with Gasteiger partial charge < -0.3 is 10.4 Å². The Kier molecular flexibility index (Phi) is 4.22. The van der Waals surface area contributed by atoms with Crippen molar-refractivity contribution in [2.24, 2.45) is 0 Å². The number of para-hydroxylation sites is 1. The Labute approximate surface area is 120 Å². The van der Waals surface area contributed by atoms with Crippen LogP contribution in [0.1, 0.15) is 21.5 Å². The van der Waals surface area contributed by atoms with Crippen molar-refractivity contribution in [3.63, 3.8) is 0 Å². The second kappa shape index (κ2) is 5.89. The number of aromatic carboxylic acids is 1. The highest BCUT2D eigenvalue weighted by molar-refractivity contribution is 9.10. The monoisotopic (exact) mass is 319 g/mol. The number of carboxylic acids is 1. The Morgan fingerprint density at radius 1 is 1.21 bits per heavy atom. The van der Waals surface area contributed by atoms with Crippen LogP contribution in [0, 0.1) is 6.92 Å². The van der Waals surface area contributed by atoms with E-state index < -0.39 is 5.97 Å². The summed E-state index contributed by atoms with van der Waals surface area (Å²) in [5.74, 6) is -0.918. The van der Waals surface area contributed by atoms with Gasteiger partial charge in [0.2, 0.25) is 0 Å². The quantitative estimate of drug-likeness (QED) is 0.893. The van der Waals surface area contributed by atoms with Crippen molar-refractivity contribution in [2.45, 2.75) is 13.5 Å². The Balaban J connectivity index is 2.25. The van der Waals surface area contributed by atoms with Crippen LogP contribution in [-0.2, 0) is 6.54 Å². The summed E-state index contributed by atoms with van der Waals surface area (Å²) in [4.78, 5) is 11.2. The molecule has 2 aromatic carbocycles. The molecule has 0 aliphatic rings. The molecule has 0 aliphatic heterocycles. The molecule has 0 amide bonds. The van der Waals surface area contributed by atoms with Crippen LogP contribution in [0.2, 0.25) is 0 Å². The van der Waals surface area contributed by atoms with Gasteiger partial charge in [-0.25, -0.2) is 4.79 Å². The van der Waals surface area contributed by atoms with Gasteiger partial charge in [0.25, 0.3) is 0 Å². The number of aryl methyl sites for hydroxylation is 1. The molecular formula is C15H14BrNO2. The number of carboxylic acid groups (broad SMARTS) is 1. The molecular weight excluding hydrogens is 306 g/mol. The first-order valence-corrected chi connectivity index (χ1v) is 6.69. The maximum absolute atomic E-state index is 11.2. The third kappa shape index (κ3) is 3.15. The average molecular weight is 320 g/mol. The molecule has 0 saturated carbocycles. The first-order valence-electron chi connectivity index (χ1n) is 5.90. The molecule has 0 fully saturated rings. The molecule has 0 radical (unpaired) electrons. The van der Waals surface area contributed by atoms with Crippen LogP contribution in [0.25, 0.3) is 0 Å². The maximum Gasteiger partial charge on any atom is 0.337 e. The molecule has 2 rings (SSSR count). The van der Waals surface area contributed by atoms with Gasteiger partial charge in [0.05, 0.1) is 11.3 Å². The van der Waals surface area contributed by atoms with Crippen LogP contribution < -0.4 is 5.32 Å². The van der Waals surface area contributed by atoms with Crippen molar-refractivity contribution in [3.05, 3.63) is 63.6 Å². The van der Waals surface area contributed by atoms with E-state index in [4.69, 9.17) is 0 Å². The van der Waals surface area contributed by atoms with E-state index in [1.165, 1.54) is 0 Å². The summed E-state index contributed by atoms with van der Waals surface area (Å²) in [6, 6.07) is 13.1. The smallest absolute Gasteiger partial charge is 0.337 e. The zero-order valence-corrected chi connectivity index (χ0v) is 12.1. The van der Waals surface area contributed by atoms with Crippen molar-refractivity contribution >= 4 is 27.6 Å². The predicted octanol–water partition coefficient (Wildman–Crippen LogP) is 4.07. The number of hydrogen-bond donors (Lipinski definition) is 2. The number of hydrogen-bond acceptors (Lipinski definition) is 2. The summed E-state index contributed by atoms with van der Waals surface area (Å²) in [6.07, 6.45) is 0. The molecule has 0 saturated heterocycles. The van der Waals surface area contributed by atoms with E-state index >= 15 is 0 Å². The summed E-state index contributed by atoms with van der Waals surface area (Å²) < 4.78 is 1.01. The van der Waals surface area contributed by atoms with Gasteiger partial charge in [-0.2, -0.15) is 0 Å². The molecule has 0 unspecified atom stereocenters. The molecule has 2 aromatic rings. The fourth-order valence-corrected chi connectivity index (χ4v) is 2.33. The minimum absolute atomic E-state index is 0.298. The fourth-order valence-electron chi connectivity index (χ4n) is 1.91. The van der Waals surface area contributed by atoms with Crippen LogP contribution in [0.3, 0.4) is 0 Å². The van der Waals surface area contributed by atoms with E-state index in [2.05, 4.69) is 21.2 Å². The van der Waals surface area contributed by atoms with E-state index in [0.29, 0.717) is 17.8 Å². The third-order valence-electron chi connectivity index (χ3n) is 2.92. The second-order valence-corrected chi connectivity index (χ2v) is 5.10. The first kappa shape index (κ1) is 13.6. The fraction of sp³-hybridized carbons (Fsp3) is 0.133. The summed E-state index contributed by atoms with van der Waals surface area (Å²) in [5, 5.41) is 12.4. The van der Waals surface area contributed by atoms with Crippen molar-refractivity contribution < 1.29 is 9.90 Å². The normalized spacial score (nSPS) is 10.2. The summed E-state index contributed by atoms with van der Waals surface area (Å²) >= 11 is 3.48. The minimum Gasteiger partial charge on any atom is -0.478 e. The van der Waals surface area contributed by atoms with Gasteiger partial charge in [0.15, 0.2) is 0 Å². The van der Waals surface area contributed by atoms with Crippen molar-refractivity contribution in [3.8, 4) is 0 Å². The lowest BCUT2D eigenvalue weighted by atomic mass is 10.1. The third-order valence-corrected chi connectivity index (χ3v) is 3.69. The SMILES string of the molecule is Cc1cccc(C(=O)O)c1NCc1ccccc1Br. The van der Waals surface area contributed by atoms with Crippen LogP contribution in [-0.4, -0.2) is 11.1 Å². The Bertz CT molecular complexity index is 611. The predicted molar refractivity (Wildman–Crippen MR) is 79.6 cm³/mol. The number of benzene rings is 2. The van der Waals surface area contributed by atoms with E-state index in [1.54, 1.807) is 12.1 Å². The number of carbonyl (C=O) groups is 1. The molecule has 0 aromatic heterocycles. The number of nitrogens with one attached hydrogen (secondary N) is 1. The topological polar surface area (TPSA) is 49.3 Å². The highest BCUT2D eigenvalue weighted by Gasteiger charge is 2.11. The standard InChI is InChI=1S/C15H14BrNO2/c1-10-5-4-7-12(15(18)19)14(10)17-9-11-6-2-3-8-13(11)16/h2-8,17H,9H2,1H3,(H,18,19). The summed E-state index contributed by atoms with van der Waals surface area (Å²) in [7, 11) is 0. The van der Waals surface area contributed by atoms with Gasteiger partial charge in [-0.05, 0) is 30.2 Å². The molecule has 0 bridgehead atoms. The highest BCUT2D eigenvalue weighted by atomic mass is 79.9. The van der Waals surface area contributed by atoms with Crippen LogP contribution in [0.4, 0.5) is 5.69 Å². The summed E-state index contributed by atoms with van der Waals surface area (Å²) in [6.45, 7) is 2.47. The zero-order valence-electron chi connectivity index (χ0n) is 10.5. The van der Waals surface area contributed by atoms with Crippen molar-refractivity contribution in [1.29, 1.82) is 0 Å². The molecule has 0 atom stereocenters. The molecule has 0 spiro atoms. The van der Waals surface area contributed by atoms with Crippen molar-refractivity contribution in [2.75, 3.05) is 5.32 Å². The largest absolute Gasteiger partial charge is 0.478 e. The average Bonchev–Trinajstić information content (AvgIpc) is 2.38. The van der Waals surface area contributed by atoms with Crippen LogP contribution in [0.5, 0.6) is 0 Å². The van der Waals surface area contributed by atoms with Gasteiger partial charge in [-0.1, -0.05) is 46.3 Å². The lowest BCUT2D eigenvalue weighted by Gasteiger charge is -2.13. The molecule has 3 nitrogen and oxygen atoms in total. The highest BCUT2D eigenvalue weighted by Crippen LogP contribution is 2.23. The molecule has 2 N–H and O–H groups in total. The first-order chi connectivity index (χ1) is 9.09. The van der Waals surface area contributed by atoms with Gasteiger partial charge >= 0.3 is 5.97 Å². The molecule has 0 heterocycles. The zero-order chi connectivity index (χ0) is 13.8. The lowest BCUT2D eigenvalue weighted by Crippen LogP contribution is -2.08. The second-order valence-electron chi connectivity index (χ2n) is 4.25. The van der Waals surface area contributed by atoms with E-state index in [1.807, 2.05) is 37.3 Å². The molecule has 4 heteroatoms. The van der Waals surface area contributed by atoms with E-state index in [9.17, 15) is 9.90 Å². The van der Waals surface area contributed by atoms with Gasteiger partial charge in [0.1, 0.15) is 0 Å². The van der Waals surface area contributed by atoms with E-state index in [-0.39, 0.29) is 0 Å². The maximum atomic E-state index is 11.2. The minimum atomic E-state index is -0.918. The van der Waals surface area contributed by atoms with Gasteiger partial charge in [-0.15, -0.1) is 0 Å². The number of anilines is 1. The Hall–Kier alpha value is -1.81. The molecule has 19 heavy (non-hydrogen) atoms. The Morgan fingerprint density at radius 2 is 1.95 bits per heavy atom. The molecule has 98 valence electrons. The van der Waals surface area contributed by atoms with Gasteiger partial charge in [0, 0.05) is 11.0 Å². The van der Waals surface area contributed by atoms with Crippen LogP contribution in [0.15, 0.2) is 46.9 Å².